The Morgan fingerprint density at radius 3 is 2.79 bits per heavy atom. The summed E-state index contributed by atoms with van der Waals surface area (Å²) in [6.07, 6.45) is 3.46. The van der Waals surface area contributed by atoms with Gasteiger partial charge >= 0.3 is 0 Å². The van der Waals surface area contributed by atoms with Gasteiger partial charge in [0.1, 0.15) is 5.82 Å². The number of benzene rings is 1. The second kappa shape index (κ2) is 9.17. The molecule has 0 aliphatic carbocycles. The smallest absolute Gasteiger partial charge is 0.220 e. The molecule has 1 aromatic heterocycles. The van der Waals surface area contributed by atoms with Crippen molar-refractivity contribution in [2.24, 2.45) is 0 Å². The molecule has 2 rings (SSSR count). The summed E-state index contributed by atoms with van der Waals surface area (Å²) in [5.74, 6) is 0.250. The molecule has 24 heavy (non-hydrogen) atoms. The number of halogens is 1. The largest absolute Gasteiger partial charge is 0.379 e. The van der Waals surface area contributed by atoms with Crippen molar-refractivity contribution in [3.63, 3.8) is 0 Å². The van der Waals surface area contributed by atoms with Crippen LogP contribution in [0.3, 0.4) is 0 Å². The number of aryl methyl sites for hydroxylation is 1. The maximum atomic E-state index is 13.0. The molecule has 0 aliphatic rings. The summed E-state index contributed by atoms with van der Waals surface area (Å²) >= 11 is 0. The fraction of sp³-hybridized carbons (Fsp3) is 0.444. The zero-order valence-corrected chi connectivity index (χ0v) is 14.0. The third kappa shape index (κ3) is 5.77. The van der Waals surface area contributed by atoms with Crippen molar-refractivity contribution in [3.05, 3.63) is 41.8 Å². The van der Waals surface area contributed by atoms with E-state index in [-0.39, 0.29) is 17.8 Å². The monoisotopic (exact) mass is 334 g/mol. The van der Waals surface area contributed by atoms with Gasteiger partial charge in [-0.05, 0) is 51.0 Å². The molecule has 5 nitrogen and oxygen atoms in total. The molecule has 1 aromatic carbocycles. The van der Waals surface area contributed by atoms with Crippen LogP contribution in [-0.2, 0) is 16.0 Å². The number of carbonyl (C=O) groups is 1. The molecule has 1 amide bonds. The molecule has 1 N–H and O–H groups in total. The van der Waals surface area contributed by atoms with E-state index in [1.54, 1.807) is 18.3 Å². The van der Waals surface area contributed by atoms with Crippen LogP contribution in [0.15, 0.2) is 35.0 Å². The van der Waals surface area contributed by atoms with Gasteiger partial charge in [0.2, 0.25) is 5.91 Å². The Balaban J connectivity index is 1.77. The van der Waals surface area contributed by atoms with Gasteiger partial charge in [-0.15, -0.1) is 0 Å². The van der Waals surface area contributed by atoms with E-state index in [4.69, 9.17) is 9.26 Å². The summed E-state index contributed by atoms with van der Waals surface area (Å²) in [6.45, 7) is 5.20. The number of ether oxygens (including phenoxy) is 1. The summed E-state index contributed by atoms with van der Waals surface area (Å²) in [5.41, 5.74) is 1.58. The Morgan fingerprint density at radius 1 is 1.33 bits per heavy atom. The number of carbonyl (C=O) groups excluding carboxylic acids is 1. The van der Waals surface area contributed by atoms with Crippen LogP contribution in [0.25, 0.3) is 11.3 Å². The zero-order chi connectivity index (χ0) is 17.4. The van der Waals surface area contributed by atoms with Gasteiger partial charge < -0.3 is 14.6 Å². The van der Waals surface area contributed by atoms with Gasteiger partial charge in [-0.3, -0.25) is 4.79 Å². The topological polar surface area (TPSA) is 64.4 Å². The lowest BCUT2D eigenvalue weighted by atomic mass is 10.1. The molecule has 0 unspecified atom stereocenters. The van der Waals surface area contributed by atoms with E-state index < -0.39 is 0 Å². The lowest BCUT2D eigenvalue weighted by Gasteiger charge is -2.08. The molecule has 0 atom stereocenters. The summed E-state index contributed by atoms with van der Waals surface area (Å²) in [7, 11) is 0. The number of rotatable bonds is 9. The van der Waals surface area contributed by atoms with E-state index >= 15 is 0 Å². The van der Waals surface area contributed by atoms with Crippen LogP contribution in [0.2, 0.25) is 0 Å². The molecule has 0 bridgehead atoms. The Morgan fingerprint density at radius 2 is 2.08 bits per heavy atom. The minimum atomic E-state index is -0.305. The first-order chi connectivity index (χ1) is 11.6. The Kier molecular flexibility index (Phi) is 6.93. The summed E-state index contributed by atoms with van der Waals surface area (Å²) in [6, 6.07) is 6.00. The minimum Gasteiger partial charge on any atom is -0.379 e. The normalized spacial score (nSPS) is 11.0. The van der Waals surface area contributed by atoms with Crippen LogP contribution in [-0.4, -0.2) is 30.3 Å². The van der Waals surface area contributed by atoms with E-state index in [0.717, 1.165) is 17.5 Å². The molecule has 2 aromatic rings. The Labute approximate surface area is 141 Å². The Bertz CT molecular complexity index is 638. The fourth-order valence-corrected chi connectivity index (χ4v) is 2.23. The van der Waals surface area contributed by atoms with Gasteiger partial charge in [-0.1, -0.05) is 5.16 Å². The van der Waals surface area contributed by atoms with Crippen LogP contribution >= 0.6 is 0 Å². The average molecular weight is 334 g/mol. The molecular formula is C18H23FN2O3. The number of aromatic nitrogens is 1. The van der Waals surface area contributed by atoms with E-state index in [9.17, 15) is 9.18 Å². The van der Waals surface area contributed by atoms with Crippen LogP contribution in [0, 0.1) is 5.82 Å². The molecule has 0 saturated heterocycles. The van der Waals surface area contributed by atoms with Gasteiger partial charge in [-0.2, -0.15) is 0 Å². The number of nitrogens with one attached hydrogen (secondary N) is 1. The first kappa shape index (κ1) is 18.1. The van der Waals surface area contributed by atoms with Gasteiger partial charge in [0, 0.05) is 30.7 Å². The molecule has 0 saturated carbocycles. The van der Waals surface area contributed by atoms with Crippen molar-refractivity contribution in [1.29, 1.82) is 0 Å². The third-order valence-corrected chi connectivity index (χ3v) is 3.47. The van der Waals surface area contributed by atoms with Crippen molar-refractivity contribution in [3.8, 4) is 11.3 Å². The standard InChI is InChI=1S/C18H23FN2O3/c1-13(2)23-11-3-10-20-17(22)9-6-15-12-21-24-18(15)14-4-7-16(19)8-5-14/h4-5,7-8,12-13H,3,6,9-11H2,1-2H3,(H,20,22). The number of hydrogen-bond donors (Lipinski definition) is 1. The zero-order valence-electron chi connectivity index (χ0n) is 14.0. The molecule has 130 valence electrons. The third-order valence-electron chi connectivity index (χ3n) is 3.47. The maximum absolute atomic E-state index is 13.0. The minimum absolute atomic E-state index is 0.0224. The van der Waals surface area contributed by atoms with Crippen LogP contribution < -0.4 is 5.32 Å². The van der Waals surface area contributed by atoms with Gasteiger partial charge in [0.15, 0.2) is 5.76 Å². The molecule has 0 spiro atoms. The first-order valence-corrected chi connectivity index (χ1v) is 8.14. The quantitative estimate of drug-likeness (QED) is 0.714. The number of amides is 1. The first-order valence-electron chi connectivity index (χ1n) is 8.14. The van der Waals surface area contributed by atoms with Gasteiger partial charge in [-0.25, -0.2) is 4.39 Å². The number of nitrogens with zero attached hydrogens (tertiary/aromatic N) is 1. The van der Waals surface area contributed by atoms with Crippen molar-refractivity contribution in [2.45, 2.75) is 39.2 Å². The van der Waals surface area contributed by atoms with Crippen molar-refractivity contribution < 1.29 is 18.4 Å². The molecule has 0 fully saturated rings. The van der Waals surface area contributed by atoms with Gasteiger partial charge in [0.05, 0.1) is 12.3 Å². The molecule has 1 heterocycles. The van der Waals surface area contributed by atoms with E-state index in [1.807, 2.05) is 13.8 Å². The van der Waals surface area contributed by atoms with Crippen LogP contribution in [0.4, 0.5) is 4.39 Å². The lowest BCUT2D eigenvalue weighted by Crippen LogP contribution is -2.25. The highest BCUT2D eigenvalue weighted by Gasteiger charge is 2.12. The predicted molar refractivity (Wildman–Crippen MR) is 88.9 cm³/mol. The molecule has 0 aliphatic heterocycles. The van der Waals surface area contributed by atoms with Crippen LogP contribution in [0.5, 0.6) is 0 Å². The SMILES string of the molecule is CC(C)OCCCNC(=O)CCc1cnoc1-c1ccc(F)cc1. The van der Waals surface area contributed by atoms with E-state index in [0.29, 0.717) is 31.8 Å². The highest BCUT2D eigenvalue weighted by molar-refractivity contribution is 5.76. The van der Waals surface area contributed by atoms with Crippen LogP contribution in [0.1, 0.15) is 32.3 Å². The lowest BCUT2D eigenvalue weighted by molar-refractivity contribution is -0.121. The Hall–Kier alpha value is -2.21. The van der Waals surface area contributed by atoms with Crippen molar-refractivity contribution in [2.75, 3.05) is 13.2 Å². The summed E-state index contributed by atoms with van der Waals surface area (Å²) in [4.78, 5) is 11.9. The van der Waals surface area contributed by atoms with E-state index in [2.05, 4.69) is 10.5 Å². The maximum Gasteiger partial charge on any atom is 0.220 e. The second-order valence-corrected chi connectivity index (χ2v) is 5.81. The summed E-state index contributed by atoms with van der Waals surface area (Å²) in [5, 5.41) is 6.65. The van der Waals surface area contributed by atoms with Crippen molar-refractivity contribution >= 4 is 5.91 Å². The van der Waals surface area contributed by atoms with Gasteiger partial charge in [0.25, 0.3) is 0 Å². The second-order valence-electron chi connectivity index (χ2n) is 5.81. The molecule has 6 heteroatoms. The highest BCUT2D eigenvalue weighted by Crippen LogP contribution is 2.24. The fourth-order valence-electron chi connectivity index (χ4n) is 2.23. The highest BCUT2D eigenvalue weighted by atomic mass is 19.1. The average Bonchev–Trinajstić information content (AvgIpc) is 3.01. The van der Waals surface area contributed by atoms with Crippen molar-refractivity contribution in [1.82, 2.24) is 10.5 Å². The predicted octanol–water partition coefficient (Wildman–Crippen LogP) is 3.34. The molecule has 0 radical (unpaired) electrons. The number of hydrogen-bond acceptors (Lipinski definition) is 4. The molecular weight excluding hydrogens is 311 g/mol. The summed E-state index contributed by atoms with van der Waals surface area (Å²) < 4.78 is 23.6. The van der Waals surface area contributed by atoms with E-state index in [1.165, 1.54) is 12.1 Å².